The molecule has 0 spiro atoms. The van der Waals surface area contributed by atoms with E-state index in [1.54, 1.807) is 37.0 Å². The predicted molar refractivity (Wildman–Crippen MR) is 44.7 cm³/mol. The Labute approximate surface area is 70.4 Å². The Morgan fingerprint density at radius 1 is 1.58 bits per heavy atom. The Morgan fingerprint density at radius 3 is 2.75 bits per heavy atom. The molecule has 1 aromatic rings. The number of hydrogen-bond donors (Lipinski definition) is 2. The SMILES string of the molecule is CNC(=O)c1ccc(=N)n(C)c1. The van der Waals surface area contributed by atoms with Crippen molar-refractivity contribution in [3.8, 4) is 0 Å². The molecule has 4 nitrogen and oxygen atoms in total. The van der Waals surface area contributed by atoms with Gasteiger partial charge in [0.05, 0.1) is 5.56 Å². The molecular weight excluding hydrogens is 154 g/mol. The number of carbonyl (C=O) groups is 1. The Bertz CT molecular complexity index is 354. The van der Waals surface area contributed by atoms with Gasteiger partial charge in [0.25, 0.3) is 5.91 Å². The molecule has 0 aliphatic heterocycles. The summed E-state index contributed by atoms with van der Waals surface area (Å²) in [6, 6.07) is 3.21. The van der Waals surface area contributed by atoms with E-state index in [2.05, 4.69) is 5.32 Å². The number of pyridine rings is 1. The quantitative estimate of drug-likeness (QED) is 0.598. The summed E-state index contributed by atoms with van der Waals surface area (Å²) < 4.78 is 1.59. The first-order chi connectivity index (χ1) is 5.65. The first kappa shape index (κ1) is 8.52. The van der Waals surface area contributed by atoms with Gasteiger partial charge < -0.3 is 9.88 Å². The van der Waals surface area contributed by atoms with Crippen LogP contribution in [0.4, 0.5) is 0 Å². The number of rotatable bonds is 1. The van der Waals surface area contributed by atoms with E-state index in [1.807, 2.05) is 0 Å². The van der Waals surface area contributed by atoms with E-state index in [4.69, 9.17) is 5.41 Å². The van der Waals surface area contributed by atoms with Crippen LogP contribution in [0.3, 0.4) is 0 Å². The maximum atomic E-state index is 11.1. The molecule has 0 fully saturated rings. The molecule has 4 heteroatoms. The minimum Gasteiger partial charge on any atom is -0.355 e. The first-order valence-electron chi connectivity index (χ1n) is 3.58. The lowest BCUT2D eigenvalue weighted by molar-refractivity contribution is 0.0962. The van der Waals surface area contributed by atoms with E-state index in [9.17, 15) is 4.79 Å². The number of aromatic nitrogens is 1. The van der Waals surface area contributed by atoms with Gasteiger partial charge in [-0.15, -0.1) is 0 Å². The molecule has 0 saturated heterocycles. The molecule has 0 radical (unpaired) electrons. The highest BCUT2D eigenvalue weighted by atomic mass is 16.1. The van der Waals surface area contributed by atoms with Gasteiger partial charge in [0.2, 0.25) is 0 Å². The lowest BCUT2D eigenvalue weighted by Crippen LogP contribution is -2.22. The van der Waals surface area contributed by atoms with Crippen molar-refractivity contribution in [2.24, 2.45) is 7.05 Å². The van der Waals surface area contributed by atoms with Gasteiger partial charge in [0.15, 0.2) is 0 Å². The van der Waals surface area contributed by atoms with Crippen LogP contribution < -0.4 is 10.8 Å². The monoisotopic (exact) mass is 165 g/mol. The fourth-order valence-electron chi connectivity index (χ4n) is 0.886. The van der Waals surface area contributed by atoms with Gasteiger partial charge in [-0.2, -0.15) is 0 Å². The third-order valence-corrected chi connectivity index (χ3v) is 1.62. The molecule has 0 atom stereocenters. The predicted octanol–water partition coefficient (Wildman–Crippen LogP) is -0.136. The molecule has 1 rings (SSSR count). The Kier molecular flexibility index (Phi) is 2.28. The number of hydrogen-bond acceptors (Lipinski definition) is 2. The van der Waals surface area contributed by atoms with Crippen LogP contribution in [0.15, 0.2) is 18.3 Å². The summed E-state index contributed by atoms with van der Waals surface area (Å²) in [6.45, 7) is 0. The second-order valence-corrected chi connectivity index (χ2v) is 2.49. The Balaban J connectivity index is 3.13. The molecule has 1 aromatic heterocycles. The topological polar surface area (TPSA) is 57.9 Å². The summed E-state index contributed by atoms with van der Waals surface area (Å²) in [5.41, 5.74) is 0.943. The molecule has 1 heterocycles. The molecule has 1 amide bonds. The molecule has 0 bridgehead atoms. The highest BCUT2D eigenvalue weighted by Gasteiger charge is 2.01. The fraction of sp³-hybridized carbons (Fsp3) is 0.250. The molecule has 12 heavy (non-hydrogen) atoms. The van der Waals surface area contributed by atoms with Crippen LogP contribution in [-0.2, 0) is 7.05 Å². The molecule has 0 aromatic carbocycles. The molecule has 0 saturated carbocycles. The second-order valence-electron chi connectivity index (χ2n) is 2.49. The van der Waals surface area contributed by atoms with E-state index in [0.717, 1.165) is 0 Å². The van der Waals surface area contributed by atoms with Gasteiger partial charge in [-0.25, -0.2) is 0 Å². The summed E-state index contributed by atoms with van der Waals surface area (Å²) in [4.78, 5) is 11.1. The largest absolute Gasteiger partial charge is 0.355 e. The zero-order valence-electron chi connectivity index (χ0n) is 7.09. The highest BCUT2D eigenvalue weighted by Crippen LogP contribution is 1.93. The minimum atomic E-state index is -0.134. The minimum absolute atomic E-state index is 0.134. The van der Waals surface area contributed by atoms with E-state index >= 15 is 0 Å². The van der Waals surface area contributed by atoms with Gasteiger partial charge in [-0.1, -0.05) is 0 Å². The van der Waals surface area contributed by atoms with E-state index in [0.29, 0.717) is 11.1 Å². The Morgan fingerprint density at radius 2 is 2.25 bits per heavy atom. The van der Waals surface area contributed by atoms with E-state index < -0.39 is 0 Å². The lowest BCUT2D eigenvalue weighted by Gasteiger charge is -2.02. The van der Waals surface area contributed by atoms with Crippen LogP contribution in [0, 0.1) is 5.41 Å². The molecule has 0 aliphatic carbocycles. The molecule has 0 aliphatic rings. The van der Waals surface area contributed by atoms with Crippen LogP contribution in [0.2, 0.25) is 0 Å². The van der Waals surface area contributed by atoms with Gasteiger partial charge in [0.1, 0.15) is 5.49 Å². The zero-order valence-corrected chi connectivity index (χ0v) is 7.09. The van der Waals surface area contributed by atoms with E-state index in [-0.39, 0.29) is 5.91 Å². The maximum Gasteiger partial charge on any atom is 0.252 e. The van der Waals surface area contributed by atoms with E-state index in [1.165, 1.54) is 0 Å². The molecule has 64 valence electrons. The Hall–Kier alpha value is -1.58. The van der Waals surface area contributed by atoms with Gasteiger partial charge in [0, 0.05) is 20.3 Å². The standard InChI is InChI=1S/C8H11N3O/c1-10-8(12)6-3-4-7(9)11(2)5-6/h3-5,9H,1-2H3,(H,10,12). The zero-order chi connectivity index (χ0) is 9.14. The van der Waals surface area contributed by atoms with Crippen LogP contribution in [0.1, 0.15) is 10.4 Å². The number of amides is 1. The lowest BCUT2D eigenvalue weighted by atomic mass is 10.2. The van der Waals surface area contributed by atoms with Crippen molar-refractivity contribution in [3.63, 3.8) is 0 Å². The van der Waals surface area contributed by atoms with Crippen molar-refractivity contribution in [1.82, 2.24) is 9.88 Å². The highest BCUT2D eigenvalue weighted by molar-refractivity contribution is 5.93. The summed E-state index contributed by atoms with van der Waals surface area (Å²) >= 11 is 0. The van der Waals surface area contributed by atoms with Crippen LogP contribution in [0.25, 0.3) is 0 Å². The summed E-state index contributed by atoms with van der Waals surface area (Å²) in [5, 5.41) is 9.86. The molecule has 0 unspecified atom stereocenters. The van der Waals surface area contributed by atoms with Crippen LogP contribution in [0.5, 0.6) is 0 Å². The maximum absolute atomic E-state index is 11.1. The average molecular weight is 165 g/mol. The average Bonchev–Trinajstić information content (AvgIpc) is 2.08. The number of nitrogens with zero attached hydrogens (tertiary/aromatic N) is 1. The summed E-state index contributed by atoms with van der Waals surface area (Å²) in [5.74, 6) is -0.134. The third kappa shape index (κ3) is 1.53. The smallest absolute Gasteiger partial charge is 0.252 e. The van der Waals surface area contributed by atoms with Gasteiger partial charge in [-0.05, 0) is 12.1 Å². The van der Waals surface area contributed by atoms with Crippen molar-refractivity contribution in [2.75, 3.05) is 7.05 Å². The fourth-order valence-corrected chi connectivity index (χ4v) is 0.886. The first-order valence-corrected chi connectivity index (χ1v) is 3.58. The summed E-state index contributed by atoms with van der Waals surface area (Å²) in [6.07, 6.45) is 1.63. The second kappa shape index (κ2) is 3.21. The van der Waals surface area contributed by atoms with Crippen molar-refractivity contribution >= 4 is 5.91 Å². The van der Waals surface area contributed by atoms with Crippen LogP contribution in [-0.4, -0.2) is 17.5 Å². The molecular formula is C8H11N3O. The normalized spacial score (nSPS) is 9.50. The third-order valence-electron chi connectivity index (χ3n) is 1.62. The molecule has 2 N–H and O–H groups in total. The van der Waals surface area contributed by atoms with Crippen molar-refractivity contribution in [3.05, 3.63) is 29.4 Å². The summed E-state index contributed by atoms with van der Waals surface area (Å²) in [7, 11) is 3.31. The number of nitrogens with one attached hydrogen (secondary N) is 2. The van der Waals surface area contributed by atoms with Gasteiger partial charge in [-0.3, -0.25) is 10.2 Å². The van der Waals surface area contributed by atoms with Crippen molar-refractivity contribution < 1.29 is 4.79 Å². The number of carbonyl (C=O) groups excluding carboxylic acids is 1. The van der Waals surface area contributed by atoms with Crippen molar-refractivity contribution in [2.45, 2.75) is 0 Å². The number of aryl methyl sites for hydroxylation is 1. The van der Waals surface area contributed by atoms with Crippen molar-refractivity contribution in [1.29, 1.82) is 5.41 Å². The van der Waals surface area contributed by atoms with Gasteiger partial charge >= 0.3 is 0 Å². The van der Waals surface area contributed by atoms with Crippen LogP contribution >= 0.6 is 0 Å².